The topological polar surface area (TPSA) is 51.7 Å². The number of amides is 2. The third kappa shape index (κ3) is 3.90. The first kappa shape index (κ1) is 17.8. The van der Waals surface area contributed by atoms with E-state index in [4.69, 9.17) is 0 Å². The Morgan fingerprint density at radius 1 is 1.07 bits per heavy atom. The summed E-state index contributed by atoms with van der Waals surface area (Å²) in [6.07, 6.45) is 3.78. The number of aromatic nitrogens is 1. The molecule has 2 amide bonds. The van der Waals surface area contributed by atoms with Crippen LogP contribution in [-0.4, -0.2) is 55.2 Å². The number of carbonyl (C=O) groups is 1. The standard InChI is InChI=1S/C21H27N5O/c1-2-24-12-14-25(15-13-24)20-10-9-18(16-22-20)23-21(27)26-11-5-7-17-6-3-4-8-19(17)26/h3-4,6,8-10,16H,2,5,7,11-15H2,1H3,(H,23,27). The smallest absolute Gasteiger partial charge is 0.326 e. The van der Waals surface area contributed by atoms with Crippen LogP contribution in [-0.2, 0) is 6.42 Å². The van der Waals surface area contributed by atoms with Crippen LogP contribution in [0.25, 0.3) is 0 Å². The summed E-state index contributed by atoms with van der Waals surface area (Å²) >= 11 is 0. The highest BCUT2D eigenvalue weighted by Crippen LogP contribution is 2.27. The molecule has 2 aliphatic heterocycles. The Bertz CT molecular complexity index is 783. The quantitative estimate of drug-likeness (QED) is 0.907. The fourth-order valence-electron chi connectivity index (χ4n) is 3.88. The minimum atomic E-state index is -0.0896. The zero-order valence-corrected chi connectivity index (χ0v) is 15.9. The van der Waals surface area contributed by atoms with Gasteiger partial charge in [-0.05, 0) is 43.1 Å². The molecule has 0 spiro atoms. The maximum atomic E-state index is 12.8. The number of pyridine rings is 1. The van der Waals surface area contributed by atoms with Crippen molar-refractivity contribution < 1.29 is 4.79 Å². The Kier molecular flexibility index (Phi) is 5.25. The predicted molar refractivity (Wildman–Crippen MR) is 110 cm³/mol. The van der Waals surface area contributed by atoms with Crippen molar-refractivity contribution in [2.24, 2.45) is 0 Å². The number of rotatable bonds is 3. The third-order valence-electron chi connectivity index (χ3n) is 5.50. The number of para-hydroxylation sites is 1. The van der Waals surface area contributed by atoms with E-state index in [0.29, 0.717) is 0 Å². The van der Waals surface area contributed by atoms with Crippen molar-refractivity contribution in [3.8, 4) is 0 Å². The molecule has 4 rings (SSSR count). The maximum absolute atomic E-state index is 12.8. The Morgan fingerprint density at radius 2 is 1.89 bits per heavy atom. The van der Waals surface area contributed by atoms with Crippen LogP contribution in [0.1, 0.15) is 18.9 Å². The Hall–Kier alpha value is -2.60. The van der Waals surface area contributed by atoms with Crippen molar-refractivity contribution in [1.29, 1.82) is 0 Å². The molecule has 2 aromatic rings. The van der Waals surface area contributed by atoms with Gasteiger partial charge in [-0.3, -0.25) is 4.90 Å². The lowest BCUT2D eigenvalue weighted by molar-refractivity contribution is 0.256. The van der Waals surface area contributed by atoms with E-state index < -0.39 is 0 Å². The van der Waals surface area contributed by atoms with Gasteiger partial charge >= 0.3 is 6.03 Å². The molecule has 6 heteroatoms. The highest BCUT2D eigenvalue weighted by molar-refractivity contribution is 6.02. The maximum Gasteiger partial charge on any atom is 0.326 e. The number of likely N-dealkylation sites (N-methyl/N-ethyl adjacent to an activating group) is 1. The molecule has 27 heavy (non-hydrogen) atoms. The summed E-state index contributed by atoms with van der Waals surface area (Å²) in [5, 5.41) is 3.00. The van der Waals surface area contributed by atoms with Gasteiger partial charge in [0.25, 0.3) is 0 Å². The zero-order chi connectivity index (χ0) is 18.6. The summed E-state index contributed by atoms with van der Waals surface area (Å²) in [4.78, 5) is 23.9. The van der Waals surface area contributed by atoms with E-state index in [1.165, 1.54) is 5.56 Å². The lowest BCUT2D eigenvalue weighted by Crippen LogP contribution is -2.46. The summed E-state index contributed by atoms with van der Waals surface area (Å²) in [5.41, 5.74) is 2.98. The fraction of sp³-hybridized carbons (Fsp3) is 0.429. The van der Waals surface area contributed by atoms with Crippen LogP contribution < -0.4 is 15.1 Å². The first-order valence-electron chi connectivity index (χ1n) is 9.84. The van der Waals surface area contributed by atoms with Crippen LogP contribution in [0.15, 0.2) is 42.6 Å². The minimum Gasteiger partial charge on any atom is -0.354 e. The molecule has 0 aliphatic carbocycles. The molecular formula is C21H27N5O. The molecule has 1 aromatic carbocycles. The Morgan fingerprint density at radius 3 is 2.63 bits per heavy atom. The molecule has 1 fully saturated rings. The summed E-state index contributed by atoms with van der Waals surface area (Å²) in [5.74, 6) is 0.979. The van der Waals surface area contributed by atoms with Crippen molar-refractivity contribution in [1.82, 2.24) is 9.88 Å². The number of carbonyl (C=O) groups excluding carboxylic acids is 1. The van der Waals surface area contributed by atoms with Gasteiger partial charge in [0.1, 0.15) is 5.82 Å². The number of fused-ring (bicyclic) bond motifs is 1. The van der Waals surface area contributed by atoms with Gasteiger partial charge in [-0.25, -0.2) is 9.78 Å². The molecule has 142 valence electrons. The first-order valence-corrected chi connectivity index (χ1v) is 9.84. The molecule has 1 aromatic heterocycles. The minimum absolute atomic E-state index is 0.0896. The highest BCUT2D eigenvalue weighted by atomic mass is 16.2. The van der Waals surface area contributed by atoms with Crippen molar-refractivity contribution in [2.45, 2.75) is 19.8 Å². The average molecular weight is 365 g/mol. The molecule has 1 saturated heterocycles. The van der Waals surface area contributed by atoms with E-state index in [1.54, 1.807) is 6.20 Å². The van der Waals surface area contributed by atoms with Gasteiger partial charge in [0.2, 0.25) is 0 Å². The SMILES string of the molecule is CCN1CCN(c2ccc(NC(=O)N3CCCc4ccccc43)cn2)CC1. The van der Waals surface area contributed by atoms with Gasteiger partial charge in [0.05, 0.1) is 11.9 Å². The Balaban J connectivity index is 1.40. The monoisotopic (exact) mass is 365 g/mol. The number of hydrogen-bond acceptors (Lipinski definition) is 4. The molecule has 2 aliphatic rings. The van der Waals surface area contributed by atoms with Crippen molar-refractivity contribution in [3.05, 3.63) is 48.2 Å². The van der Waals surface area contributed by atoms with Crippen LogP contribution in [0.5, 0.6) is 0 Å². The predicted octanol–water partition coefficient (Wildman–Crippen LogP) is 3.21. The number of benzene rings is 1. The van der Waals surface area contributed by atoms with E-state index in [1.807, 2.05) is 35.2 Å². The second-order valence-electron chi connectivity index (χ2n) is 7.14. The molecular weight excluding hydrogens is 338 g/mol. The highest BCUT2D eigenvalue weighted by Gasteiger charge is 2.22. The zero-order valence-electron chi connectivity index (χ0n) is 15.9. The molecule has 0 radical (unpaired) electrons. The largest absolute Gasteiger partial charge is 0.354 e. The number of piperazine rings is 1. The van der Waals surface area contributed by atoms with E-state index >= 15 is 0 Å². The second-order valence-corrected chi connectivity index (χ2v) is 7.14. The van der Waals surface area contributed by atoms with Gasteiger partial charge < -0.3 is 15.1 Å². The summed E-state index contributed by atoms with van der Waals surface area (Å²) in [6, 6.07) is 12.0. The second kappa shape index (κ2) is 7.96. The number of hydrogen-bond donors (Lipinski definition) is 1. The van der Waals surface area contributed by atoms with Gasteiger partial charge in [0, 0.05) is 38.4 Å². The Labute approximate surface area is 160 Å². The first-order chi connectivity index (χ1) is 13.2. The van der Waals surface area contributed by atoms with Crippen LogP contribution in [0.2, 0.25) is 0 Å². The van der Waals surface area contributed by atoms with Crippen LogP contribution in [0.4, 0.5) is 22.0 Å². The molecule has 3 heterocycles. The summed E-state index contributed by atoms with van der Waals surface area (Å²) < 4.78 is 0. The summed E-state index contributed by atoms with van der Waals surface area (Å²) in [7, 11) is 0. The van der Waals surface area contributed by atoms with E-state index in [-0.39, 0.29) is 6.03 Å². The van der Waals surface area contributed by atoms with E-state index in [9.17, 15) is 4.79 Å². The van der Waals surface area contributed by atoms with Crippen LogP contribution in [0, 0.1) is 0 Å². The number of nitrogens with zero attached hydrogens (tertiary/aromatic N) is 4. The van der Waals surface area contributed by atoms with Crippen molar-refractivity contribution in [3.63, 3.8) is 0 Å². The van der Waals surface area contributed by atoms with Gasteiger partial charge in [-0.2, -0.15) is 0 Å². The van der Waals surface area contributed by atoms with Crippen LogP contribution >= 0.6 is 0 Å². The number of anilines is 3. The molecule has 0 atom stereocenters. The normalized spacial score (nSPS) is 17.5. The van der Waals surface area contributed by atoms with Crippen molar-refractivity contribution >= 4 is 23.2 Å². The molecule has 6 nitrogen and oxygen atoms in total. The lowest BCUT2D eigenvalue weighted by Gasteiger charge is -2.34. The fourth-order valence-corrected chi connectivity index (χ4v) is 3.88. The lowest BCUT2D eigenvalue weighted by atomic mass is 10.0. The number of aryl methyl sites for hydroxylation is 1. The average Bonchev–Trinajstić information content (AvgIpc) is 2.74. The molecule has 0 unspecified atom stereocenters. The number of urea groups is 1. The van der Waals surface area contributed by atoms with Gasteiger partial charge in [-0.15, -0.1) is 0 Å². The van der Waals surface area contributed by atoms with Gasteiger partial charge in [0.15, 0.2) is 0 Å². The van der Waals surface area contributed by atoms with Gasteiger partial charge in [-0.1, -0.05) is 25.1 Å². The van der Waals surface area contributed by atoms with E-state index in [0.717, 1.165) is 69.3 Å². The third-order valence-corrected chi connectivity index (χ3v) is 5.50. The number of nitrogens with one attached hydrogen (secondary N) is 1. The van der Waals surface area contributed by atoms with Crippen LogP contribution in [0.3, 0.4) is 0 Å². The molecule has 0 saturated carbocycles. The molecule has 1 N–H and O–H groups in total. The molecule has 0 bridgehead atoms. The van der Waals surface area contributed by atoms with Crippen molar-refractivity contribution in [2.75, 3.05) is 54.4 Å². The van der Waals surface area contributed by atoms with E-state index in [2.05, 4.69) is 33.1 Å². The summed E-state index contributed by atoms with van der Waals surface area (Å²) in [6.45, 7) is 8.19.